The second-order valence-electron chi connectivity index (χ2n) is 5.75. The lowest BCUT2D eigenvalue weighted by Crippen LogP contribution is -2.37. The number of anilines is 3. The summed E-state index contributed by atoms with van der Waals surface area (Å²) >= 11 is 0. The Morgan fingerprint density at radius 2 is 2.21 bits per heavy atom. The topological polar surface area (TPSA) is 88.0 Å². The van der Waals surface area contributed by atoms with E-state index < -0.39 is 0 Å². The minimum Gasteiger partial charge on any atom is -0.373 e. The van der Waals surface area contributed by atoms with Crippen molar-refractivity contribution in [1.82, 2.24) is 19.5 Å². The number of nitrogens with zero attached hydrogens (tertiary/aromatic N) is 5. The van der Waals surface area contributed by atoms with Crippen LogP contribution in [0, 0.1) is 0 Å². The number of hydrogen-bond acceptors (Lipinski definition) is 7. The average molecular weight is 329 g/mol. The summed E-state index contributed by atoms with van der Waals surface area (Å²) in [6.45, 7) is 4.19. The highest BCUT2D eigenvalue weighted by molar-refractivity contribution is 5.50. The molecule has 0 aromatic carbocycles. The summed E-state index contributed by atoms with van der Waals surface area (Å²) in [5, 5.41) is 6.25. The van der Waals surface area contributed by atoms with Crippen molar-refractivity contribution in [2.75, 3.05) is 35.7 Å². The Balaban J connectivity index is 1.71. The molecule has 0 bridgehead atoms. The van der Waals surface area contributed by atoms with Gasteiger partial charge >= 0.3 is 0 Å². The molecule has 1 saturated heterocycles. The van der Waals surface area contributed by atoms with Crippen LogP contribution in [0.1, 0.15) is 19.8 Å². The maximum absolute atomic E-state index is 12.2. The second-order valence-corrected chi connectivity index (χ2v) is 5.75. The van der Waals surface area contributed by atoms with E-state index in [1.165, 1.54) is 0 Å². The van der Waals surface area contributed by atoms with Crippen molar-refractivity contribution in [3.8, 4) is 0 Å². The molecule has 0 aliphatic carbocycles. The predicted octanol–water partition coefficient (Wildman–Crippen LogP) is 1.18. The number of aromatic nitrogens is 4. The Bertz CT molecular complexity index is 745. The van der Waals surface area contributed by atoms with Gasteiger partial charge in [-0.2, -0.15) is 0 Å². The van der Waals surface area contributed by atoms with Gasteiger partial charge in [-0.05, 0) is 19.8 Å². The van der Waals surface area contributed by atoms with Crippen molar-refractivity contribution in [3.05, 3.63) is 35.1 Å². The zero-order valence-electron chi connectivity index (χ0n) is 14.1. The molecular weight excluding hydrogens is 306 g/mol. The third-order valence-corrected chi connectivity index (χ3v) is 4.34. The first-order valence-electron chi connectivity index (χ1n) is 8.28. The molecule has 1 fully saturated rings. The highest BCUT2D eigenvalue weighted by Crippen LogP contribution is 2.24. The fourth-order valence-electron chi connectivity index (χ4n) is 3.02. The molecule has 1 aliphatic rings. The van der Waals surface area contributed by atoms with E-state index in [9.17, 15) is 4.79 Å². The Hall–Kier alpha value is -2.64. The maximum Gasteiger partial charge on any atom is 0.293 e. The number of rotatable bonds is 6. The lowest BCUT2D eigenvalue weighted by atomic mass is 10.2. The highest BCUT2D eigenvalue weighted by atomic mass is 16.1. The molecule has 0 amide bonds. The summed E-state index contributed by atoms with van der Waals surface area (Å²) in [7, 11) is 1.84. The fourth-order valence-corrected chi connectivity index (χ4v) is 3.02. The van der Waals surface area contributed by atoms with Gasteiger partial charge in [-0.1, -0.05) is 0 Å². The van der Waals surface area contributed by atoms with Gasteiger partial charge in [-0.25, -0.2) is 15.0 Å². The Labute approximate surface area is 141 Å². The lowest BCUT2D eigenvalue weighted by molar-refractivity contribution is 0.680. The molecule has 0 saturated carbocycles. The Morgan fingerprint density at radius 1 is 1.33 bits per heavy atom. The van der Waals surface area contributed by atoms with E-state index >= 15 is 0 Å². The molecule has 1 aliphatic heterocycles. The smallest absolute Gasteiger partial charge is 0.293 e. The van der Waals surface area contributed by atoms with Crippen molar-refractivity contribution in [2.24, 2.45) is 0 Å². The molecule has 24 heavy (non-hydrogen) atoms. The van der Waals surface area contributed by atoms with Crippen molar-refractivity contribution in [1.29, 1.82) is 0 Å². The zero-order chi connectivity index (χ0) is 16.9. The van der Waals surface area contributed by atoms with Crippen LogP contribution in [0.25, 0.3) is 0 Å². The van der Waals surface area contributed by atoms with Crippen LogP contribution in [0.3, 0.4) is 0 Å². The van der Waals surface area contributed by atoms with Crippen LogP contribution in [0.15, 0.2) is 29.6 Å². The highest BCUT2D eigenvalue weighted by Gasteiger charge is 2.26. The van der Waals surface area contributed by atoms with Crippen LogP contribution in [-0.4, -0.2) is 45.7 Å². The normalized spacial score (nSPS) is 17.1. The van der Waals surface area contributed by atoms with Crippen molar-refractivity contribution < 1.29 is 0 Å². The van der Waals surface area contributed by atoms with E-state index in [-0.39, 0.29) is 11.6 Å². The van der Waals surface area contributed by atoms with Gasteiger partial charge in [0.2, 0.25) is 0 Å². The van der Waals surface area contributed by atoms with E-state index in [1.54, 1.807) is 23.3 Å². The van der Waals surface area contributed by atoms with Gasteiger partial charge in [0, 0.05) is 51.2 Å². The average Bonchev–Trinajstić information content (AvgIpc) is 3.09. The lowest BCUT2D eigenvalue weighted by Gasteiger charge is -2.26. The van der Waals surface area contributed by atoms with E-state index in [2.05, 4.69) is 30.5 Å². The molecule has 128 valence electrons. The number of aryl methyl sites for hydroxylation is 1. The molecule has 8 nitrogen and oxygen atoms in total. The first-order chi connectivity index (χ1) is 11.7. The van der Waals surface area contributed by atoms with E-state index in [1.807, 2.05) is 20.0 Å². The largest absolute Gasteiger partial charge is 0.373 e. The van der Waals surface area contributed by atoms with E-state index in [0.29, 0.717) is 18.9 Å². The third kappa shape index (κ3) is 3.32. The van der Waals surface area contributed by atoms with Crippen LogP contribution in [0.4, 0.5) is 17.5 Å². The minimum atomic E-state index is -0.0796. The Morgan fingerprint density at radius 3 is 3.00 bits per heavy atom. The number of nitrogens with one attached hydrogen (secondary N) is 2. The van der Waals surface area contributed by atoms with E-state index in [4.69, 9.17) is 0 Å². The van der Waals surface area contributed by atoms with Crippen molar-refractivity contribution >= 4 is 17.5 Å². The molecule has 0 unspecified atom stereocenters. The molecule has 3 heterocycles. The molecule has 2 aromatic heterocycles. The van der Waals surface area contributed by atoms with Gasteiger partial charge in [-0.15, -0.1) is 0 Å². The third-order valence-electron chi connectivity index (χ3n) is 4.34. The fraction of sp³-hybridized carbons (Fsp3) is 0.500. The van der Waals surface area contributed by atoms with Crippen molar-refractivity contribution in [2.45, 2.75) is 32.4 Å². The molecule has 1 atom stereocenters. The van der Waals surface area contributed by atoms with Gasteiger partial charge in [0.25, 0.3) is 5.56 Å². The quantitative estimate of drug-likeness (QED) is 0.822. The molecule has 3 rings (SSSR count). The minimum absolute atomic E-state index is 0.0796. The SMILES string of the molecule is CCn1ccnc(NC[C@@H]2CCCN2c2cc(NC)ncn2)c1=O. The van der Waals surface area contributed by atoms with Gasteiger partial charge in [-0.3, -0.25) is 4.79 Å². The first kappa shape index (κ1) is 16.2. The number of hydrogen-bond donors (Lipinski definition) is 2. The Kier molecular flexibility index (Phi) is 4.93. The standard InChI is InChI=1S/C16H23N7O/c1-3-22-8-6-18-15(16(22)24)19-10-12-5-4-7-23(12)14-9-13(17-2)20-11-21-14/h6,8-9,11-12H,3-5,7,10H2,1-2H3,(H,18,19)(H,17,20,21)/t12-/m0/s1. The van der Waals surface area contributed by atoms with E-state index in [0.717, 1.165) is 31.0 Å². The summed E-state index contributed by atoms with van der Waals surface area (Å²) in [4.78, 5) is 27.2. The van der Waals surface area contributed by atoms with Crippen molar-refractivity contribution in [3.63, 3.8) is 0 Å². The molecule has 0 radical (unpaired) electrons. The first-order valence-corrected chi connectivity index (χ1v) is 8.28. The van der Waals surface area contributed by atoms with Crippen LogP contribution < -0.4 is 21.1 Å². The molecule has 2 N–H and O–H groups in total. The summed E-state index contributed by atoms with van der Waals surface area (Å²) in [5.74, 6) is 2.12. The molecule has 8 heteroatoms. The second kappa shape index (κ2) is 7.29. The van der Waals surface area contributed by atoms with Crippen LogP contribution >= 0.6 is 0 Å². The van der Waals surface area contributed by atoms with Gasteiger partial charge in [0.1, 0.15) is 18.0 Å². The summed E-state index contributed by atoms with van der Waals surface area (Å²) < 4.78 is 1.64. The van der Waals surface area contributed by atoms with Gasteiger partial charge in [0.05, 0.1) is 0 Å². The molecule has 2 aromatic rings. The van der Waals surface area contributed by atoms with Crippen LogP contribution in [-0.2, 0) is 6.54 Å². The molecular formula is C16H23N7O. The molecule has 0 spiro atoms. The predicted molar refractivity (Wildman–Crippen MR) is 94.6 cm³/mol. The maximum atomic E-state index is 12.2. The summed E-state index contributed by atoms with van der Waals surface area (Å²) in [6.07, 6.45) is 7.09. The zero-order valence-corrected chi connectivity index (χ0v) is 14.1. The van der Waals surface area contributed by atoms with Gasteiger partial charge < -0.3 is 20.1 Å². The summed E-state index contributed by atoms with van der Waals surface area (Å²) in [5.41, 5.74) is -0.0796. The van der Waals surface area contributed by atoms with Gasteiger partial charge in [0.15, 0.2) is 5.82 Å². The monoisotopic (exact) mass is 329 g/mol. The summed E-state index contributed by atoms with van der Waals surface area (Å²) in [6, 6.07) is 2.23. The van der Waals surface area contributed by atoms with Crippen LogP contribution in [0.5, 0.6) is 0 Å². The van der Waals surface area contributed by atoms with Crippen LogP contribution in [0.2, 0.25) is 0 Å².